The van der Waals surface area contributed by atoms with Crippen molar-refractivity contribution in [1.29, 1.82) is 0 Å². The van der Waals surface area contributed by atoms with E-state index in [0.29, 0.717) is 29.8 Å². The topological polar surface area (TPSA) is 76.3 Å². The molecule has 0 bridgehead atoms. The Morgan fingerprint density at radius 2 is 1.80 bits per heavy atom. The van der Waals surface area contributed by atoms with Crippen molar-refractivity contribution >= 4 is 10.0 Å². The van der Waals surface area contributed by atoms with Gasteiger partial charge in [0, 0.05) is 12.1 Å². The molecule has 0 saturated carbocycles. The SMILES string of the molecule is Cc1cc(C)c(C)c(S(=O)(=O)N2CCCC2c2nc(-c3cccc(F)c3)no2)c1C. The molecular weight excluding hydrogens is 405 g/mol. The van der Waals surface area contributed by atoms with Gasteiger partial charge in [0.15, 0.2) is 0 Å². The van der Waals surface area contributed by atoms with Crippen LogP contribution in [0.1, 0.15) is 47.0 Å². The second-order valence-corrected chi connectivity index (χ2v) is 9.66. The standard InChI is InChI=1S/C22H24FN3O3S/c1-13-11-14(2)16(4)20(15(13)3)30(27,28)26-10-6-9-19(26)22-24-21(25-29-22)17-7-5-8-18(23)12-17/h5,7-8,11-12,19H,6,9-10H2,1-4H3. The molecule has 3 aromatic rings. The summed E-state index contributed by atoms with van der Waals surface area (Å²) in [5.41, 5.74) is 3.89. The summed E-state index contributed by atoms with van der Waals surface area (Å²) < 4.78 is 47.8. The van der Waals surface area contributed by atoms with Crippen LogP contribution in [-0.4, -0.2) is 29.4 Å². The fraction of sp³-hybridized carbons (Fsp3) is 0.364. The third kappa shape index (κ3) is 3.44. The van der Waals surface area contributed by atoms with Crippen molar-refractivity contribution in [2.24, 2.45) is 0 Å². The van der Waals surface area contributed by atoms with E-state index in [4.69, 9.17) is 4.52 Å². The number of halogens is 1. The van der Waals surface area contributed by atoms with E-state index in [1.165, 1.54) is 16.4 Å². The van der Waals surface area contributed by atoms with Gasteiger partial charge in [-0.2, -0.15) is 9.29 Å². The molecule has 1 atom stereocenters. The van der Waals surface area contributed by atoms with Crippen LogP contribution in [0.15, 0.2) is 39.8 Å². The van der Waals surface area contributed by atoms with Gasteiger partial charge < -0.3 is 4.52 Å². The Hall–Kier alpha value is -2.58. The zero-order valence-electron chi connectivity index (χ0n) is 17.4. The van der Waals surface area contributed by atoms with Gasteiger partial charge in [0.05, 0.1) is 4.90 Å². The molecule has 1 saturated heterocycles. The minimum absolute atomic E-state index is 0.231. The van der Waals surface area contributed by atoms with Crippen molar-refractivity contribution in [1.82, 2.24) is 14.4 Å². The van der Waals surface area contributed by atoms with Crippen LogP contribution in [-0.2, 0) is 10.0 Å². The Balaban J connectivity index is 1.73. The molecule has 1 unspecified atom stereocenters. The summed E-state index contributed by atoms with van der Waals surface area (Å²) in [7, 11) is -3.76. The Morgan fingerprint density at radius 3 is 2.47 bits per heavy atom. The molecule has 0 aliphatic carbocycles. The Bertz CT molecular complexity index is 1190. The van der Waals surface area contributed by atoms with E-state index < -0.39 is 21.9 Å². The number of sulfonamides is 1. The first kappa shape index (κ1) is 20.7. The highest BCUT2D eigenvalue weighted by atomic mass is 32.2. The number of nitrogens with zero attached hydrogens (tertiary/aromatic N) is 3. The predicted octanol–water partition coefficient (Wildman–Crippen LogP) is 4.64. The number of rotatable bonds is 4. The molecule has 158 valence electrons. The average Bonchev–Trinajstić information content (AvgIpc) is 3.36. The van der Waals surface area contributed by atoms with Crippen LogP contribution in [0.3, 0.4) is 0 Å². The lowest BCUT2D eigenvalue weighted by Gasteiger charge is -2.25. The van der Waals surface area contributed by atoms with Gasteiger partial charge in [-0.3, -0.25) is 0 Å². The Kier molecular flexibility index (Phi) is 5.23. The van der Waals surface area contributed by atoms with E-state index in [2.05, 4.69) is 10.1 Å². The maximum atomic E-state index is 13.7. The summed E-state index contributed by atoms with van der Waals surface area (Å²) in [4.78, 5) is 4.75. The molecule has 0 radical (unpaired) electrons. The second-order valence-electron chi connectivity index (χ2n) is 7.83. The number of benzene rings is 2. The van der Waals surface area contributed by atoms with Crippen molar-refractivity contribution in [2.45, 2.75) is 51.5 Å². The predicted molar refractivity (Wildman–Crippen MR) is 111 cm³/mol. The molecule has 1 aromatic heterocycles. The van der Waals surface area contributed by atoms with Crippen molar-refractivity contribution in [3.05, 3.63) is 64.3 Å². The van der Waals surface area contributed by atoms with Gasteiger partial charge >= 0.3 is 0 Å². The van der Waals surface area contributed by atoms with Crippen molar-refractivity contribution in [3.63, 3.8) is 0 Å². The minimum atomic E-state index is -3.76. The van der Waals surface area contributed by atoms with Crippen LogP contribution in [0.2, 0.25) is 0 Å². The van der Waals surface area contributed by atoms with Gasteiger partial charge in [0.2, 0.25) is 21.7 Å². The van der Waals surface area contributed by atoms with Gasteiger partial charge in [0.1, 0.15) is 11.9 Å². The van der Waals surface area contributed by atoms with Gasteiger partial charge in [0.25, 0.3) is 0 Å². The highest BCUT2D eigenvalue weighted by Gasteiger charge is 2.41. The van der Waals surface area contributed by atoms with Gasteiger partial charge in [-0.1, -0.05) is 23.4 Å². The van der Waals surface area contributed by atoms with Crippen molar-refractivity contribution in [2.75, 3.05) is 6.54 Å². The van der Waals surface area contributed by atoms with Gasteiger partial charge in [-0.15, -0.1) is 0 Å². The monoisotopic (exact) mass is 429 g/mol. The average molecular weight is 430 g/mol. The highest BCUT2D eigenvalue weighted by Crippen LogP contribution is 2.39. The Morgan fingerprint density at radius 1 is 1.10 bits per heavy atom. The van der Waals surface area contributed by atoms with E-state index >= 15 is 0 Å². The fourth-order valence-electron chi connectivity index (χ4n) is 4.07. The molecule has 4 rings (SSSR count). The molecule has 0 spiro atoms. The summed E-state index contributed by atoms with van der Waals surface area (Å²) in [5, 5.41) is 3.95. The molecule has 1 aliphatic rings. The molecule has 30 heavy (non-hydrogen) atoms. The number of aryl methyl sites for hydroxylation is 2. The lowest BCUT2D eigenvalue weighted by atomic mass is 10.0. The van der Waals surface area contributed by atoms with Crippen LogP contribution in [0.4, 0.5) is 4.39 Å². The summed E-state index contributed by atoms with van der Waals surface area (Å²) in [6, 6.07) is 7.38. The van der Waals surface area contributed by atoms with E-state index in [1.54, 1.807) is 12.1 Å². The van der Waals surface area contributed by atoms with Crippen LogP contribution in [0, 0.1) is 33.5 Å². The van der Waals surface area contributed by atoms with Gasteiger partial charge in [-0.25, -0.2) is 12.8 Å². The lowest BCUT2D eigenvalue weighted by Crippen LogP contribution is -2.32. The molecule has 0 amide bonds. The van der Waals surface area contributed by atoms with E-state index in [-0.39, 0.29) is 11.7 Å². The molecule has 6 nitrogen and oxygen atoms in total. The normalized spacial score (nSPS) is 17.6. The van der Waals surface area contributed by atoms with Crippen LogP contribution >= 0.6 is 0 Å². The summed E-state index contributed by atoms with van der Waals surface area (Å²) in [6.45, 7) is 7.91. The first-order chi connectivity index (χ1) is 14.2. The molecule has 1 fully saturated rings. The van der Waals surface area contributed by atoms with Crippen molar-refractivity contribution < 1.29 is 17.3 Å². The third-order valence-electron chi connectivity index (χ3n) is 5.88. The molecule has 8 heteroatoms. The molecule has 2 heterocycles. The first-order valence-corrected chi connectivity index (χ1v) is 11.3. The number of hydrogen-bond acceptors (Lipinski definition) is 5. The highest BCUT2D eigenvalue weighted by molar-refractivity contribution is 7.89. The molecule has 1 aliphatic heterocycles. The van der Waals surface area contributed by atoms with E-state index in [0.717, 1.165) is 22.3 Å². The smallest absolute Gasteiger partial charge is 0.245 e. The van der Waals surface area contributed by atoms with E-state index in [9.17, 15) is 12.8 Å². The largest absolute Gasteiger partial charge is 0.337 e. The summed E-state index contributed by atoms with van der Waals surface area (Å²) in [6.07, 6.45) is 1.29. The van der Waals surface area contributed by atoms with Gasteiger partial charge in [-0.05, 0) is 74.9 Å². The molecule has 2 aromatic carbocycles. The lowest BCUT2D eigenvalue weighted by molar-refractivity contribution is 0.290. The summed E-state index contributed by atoms with van der Waals surface area (Å²) in [5.74, 6) is 0.0761. The van der Waals surface area contributed by atoms with Crippen LogP contribution in [0.5, 0.6) is 0 Å². The van der Waals surface area contributed by atoms with Crippen molar-refractivity contribution in [3.8, 4) is 11.4 Å². The molecular formula is C22H24FN3O3S. The summed E-state index contributed by atoms with van der Waals surface area (Å²) >= 11 is 0. The fourth-order valence-corrected chi connectivity index (χ4v) is 6.31. The second kappa shape index (κ2) is 7.59. The third-order valence-corrected chi connectivity index (χ3v) is 8.06. The zero-order valence-corrected chi connectivity index (χ0v) is 18.3. The Labute approximate surface area is 175 Å². The quantitative estimate of drug-likeness (QED) is 0.604. The number of hydrogen-bond donors (Lipinski definition) is 0. The number of aromatic nitrogens is 2. The maximum Gasteiger partial charge on any atom is 0.245 e. The molecule has 0 N–H and O–H groups in total. The zero-order chi connectivity index (χ0) is 21.6. The van der Waals surface area contributed by atoms with E-state index in [1.807, 2.05) is 33.8 Å². The minimum Gasteiger partial charge on any atom is -0.337 e. The maximum absolute atomic E-state index is 13.7. The van der Waals surface area contributed by atoms with Crippen LogP contribution < -0.4 is 0 Å². The van der Waals surface area contributed by atoms with Crippen LogP contribution in [0.25, 0.3) is 11.4 Å². The first-order valence-electron chi connectivity index (χ1n) is 9.89.